The van der Waals surface area contributed by atoms with Crippen LogP contribution in [0.4, 0.5) is 18.9 Å². The lowest BCUT2D eigenvalue weighted by molar-refractivity contribution is -0.137. The minimum atomic E-state index is -4.50. The van der Waals surface area contributed by atoms with Gasteiger partial charge in [-0.15, -0.1) is 0 Å². The number of carbonyl (C=O) groups is 1. The molecule has 29 heavy (non-hydrogen) atoms. The first-order chi connectivity index (χ1) is 13.9. The molecule has 2 aromatic rings. The van der Waals surface area contributed by atoms with E-state index in [1.54, 1.807) is 0 Å². The zero-order valence-corrected chi connectivity index (χ0v) is 16.1. The fraction of sp³-hybridized carbons (Fsp3) is 0.409. The zero-order valence-electron chi connectivity index (χ0n) is 16.1. The molecular weight excluding hydrogens is 381 g/mol. The van der Waals surface area contributed by atoms with Gasteiger partial charge in [-0.1, -0.05) is 42.5 Å². The number of carbonyl (C=O) groups excluding carboxylic acids is 1. The van der Waals surface area contributed by atoms with E-state index < -0.39 is 17.6 Å². The zero-order chi connectivity index (χ0) is 20.7. The number of alkyl halides is 3. The second kappa shape index (κ2) is 9.89. The highest BCUT2D eigenvalue weighted by Crippen LogP contribution is 2.34. The van der Waals surface area contributed by atoms with Crippen molar-refractivity contribution in [1.29, 1.82) is 0 Å². The van der Waals surface area contributed by atoms with Crippen molar-refractivity contribution >= 4 is 11.6 Å². The van der Waals surface area contributed by atoms with Crippen LogP contribution in [0, 0.1) is 5.92 Å². The van der Waals surface area contributed by atoms with Gasteiger partial charge in [0.25, 0.3) is 0 Å². The predicted octanol–water partition coefficient (Wildman–Crippen LogP) is 4.57. The van der Waals surface area contributed by atoms with Crippen molar-refractivity contribution in [1.82, 2.24) is 4.90 Å². The summed E-state index contributed by atoms with van der Waals surface area (Å²) in [7, 11) is 0. The lowest BCUT2D eigenvalue weighted by Gasteiger charge is -2.32. The maximum atomic E-state index is 13.1. The van der Waals surface area contributed by atoms with Crippen molar-refractivity contribution in [3.05, 3.63) is 65.7 Å². The normalized spacial score (nSPS) is 17.8. The molecule has 1 fully saturated rings. The summed E-state index contributed by atoms with van der Waals surface area (Å²) in [5.74, 6) is -0.129. The van der Waals surface area contributed by atoms with E-state index in [1.807, 2.05) is 35.2 Å². The Morgan fingerprint density at radius 2 is 1.83 bits per heavy atom. The molecule has 3 rings (SSSR count). The smallest absolute Gasteiger partial charge is 0.376 e. The molecule has 1 aliphatic rings. The van der Waals surface area contributed by atoms with Crippen LogP contribution >= 0.6 is 0 Å². The molecule has 1 saturated heterocycles. The molecular formula is C22H25F3N2O2. The lowest BCUT2D eigenvalue weighted by atomic mass is 9.99. The number of nitrogens with one attached hydrogen (secondary N) is 1. The standard InChI is InChI=1S/C22H25F3N2O2/c23-22(24,25)19-10-4-5-11-20(19)26-21(28)14-27-12-6-9-18(13-27)16-29-15-17-7-2-1-3-8-17/h1-5,7-8,10-11,18H,6,9,12-16H2,(H,26,28)/t18-/m1/s1. The summed E-state index contributed by atoms with van der Waals surface area (Å²) in [6.07, 6.45) is -2.55. The van der Waals surface area contributed by atoms with Gasteiger partial charge < -0.3 is 10.1 Å². The second-order valence-electron chi connectivity index (χ2n) is 7.34. The number of para-hydroxylation sites is 1. The van der Waals surface area contributed by atoms with Crippen molar-refractivity contribution in [2.75, 3.05) is 31.6 Å². The van der Waals surface area contributed by atoms with E-state index in [4.69, 9.17) is 4.74 Å². The third-order valence-electron chi connectivity index (χ3n) is 4.94. The number of amides is 1. The van der Waals surface area contributed by atoms with Crippen LogP contribution in [0.5, 0.6) is 0 Å². The molecule has 1 amide bonds. The van der Waals surface area contributed by atoms with E-state index >= 15 is 0 Å². The fourth-order valence-electron chi connectivity index (χ4n) is 3.58. The van der Waals surface area contributed by atoms with Gasteiger partial charge in [-0.05, 0) is 43.0 Å². The first-order valence-electron chi connectivity index (χ1n) is 9.72. The van der Waals surface area contributed by atoms with Gasteiger partial charge in [-0.3, -0.25) is 9.69 Å². The van der Waals surface area contributed by atoms with Gasteiger partial charge in [-0.2, -0.15) is 13.2 Å². The maximum Gasteiger partial charge on any atom is 0.418 e. The minimum Gasteiger partial charge on any atom is -0.376 e. The quantitative estimate of drug-likeness (QED) is 0.732. The Labute approximate surface area is 168 Å². The van der Waals surface area contributed by atoms with Gasteiger partial charge in [0.05, 0.1) is 31.0 Å². The van der Waals surface area contributed by atoms with E-state index in [2.05, 4.69) is 5.32 Å². The predicted molar refractivity (Wildman–Crippen MR) is 105 cm³/mol. The molecule has 0 saturated carbocycles. The number of hydrogen-bond acceptors (Lipinski definition) is 3. The van der Waals surface area contributed by atoms with Crippen LogP contribution in [-0.4, -0.2) is 37.0 Å². The van der Waals surface area contributed by atoms with Crippen LogP contribution in [0.3, 0.4) is 0 Å². The number of anilines is 1. The molecule has 0 unspecified atom stereocenters. The SMILES string of the molecule is O=C(CN1CCC[C@@H](COCc2ccccc2)C1)Nc1ccccc1C(F)(F)F. The molecule has 1 atom stereocenters. The number of nitrogens with zero attached hydrogens (tertiary/aromatic N) is 1. The molecule has 0 bridgehead atoms. The van der Waals surface area contributed by atoms with Gasteiger partial charge in [0.15, 0.2) is 0 Å². The third-order valence-corrected chi connectivity index (χ3v) is 4.94. The molecule has 0 radical (unpaired) electrons. The highest BCUT2D eigenvalue weighted by atomic mass is 19.4. The Balaban J connectivity index is 1.47. The Hall–Kier alpha value is -2.38. The maximum absolute atomic E-state index is 13.1. The van der Waals surface area contributed by atoms with Crippen LogP contribution < -0.4 is 5.32 Å². The first-order valence-corrected chi connectivity index (χ1v) is 9.72. The summed E-state index contributed by atoms with van der Waals surface area (Å²) < 4.78 is 45.0. The van der Waals surface area contributed by atoms with Gasteiger partial charge in [-0.25, -0.2) is 0 Å². The number of piperidine rings is 1. The Morgan fingerprint density at radius 1 is 1.10 bits per heavy atom. The summed E-state index contributed by atoms with van der Waals surface area (Å²) in [5, 5.41) is 2.41. The number of halogens is 3. The van der Waals surface area contributed by atoms with E-state index in [9.17, 15) is 18.0 Å². The molecule has 1 N–H and O–H groups in total. The average Bonchev–Trinajstić information content (AvgIpc) is 2.69. The lowest BCUT2D eigenvalue weighted by Crippen LogP contribution is -2.41. The van der Waals surface area contributed by atoms with Crippen LogP contribution in [0.1, 0.15) is 24.0 Å². The Morgan fingerprint density at radius 3 is 2.59 bits per heavy atom. The summed E-state index contributed by atoms with van der Waals surface area (Å²) in [4.78, 5) is 14.3. The number of likely N-dealkylation sites (tertiary alicyclic amines) is 1. The fourth-order valence-corrected chi connectivity index (χ4v) is 3.58. The summed E-state index contributed by atoms with van der Waals surface area (Å²) in [6, 6.07) is 14.9. The highest BCUT2D eigenvalue weighted by molar-refractivity contribution is 5.93. The van der Waals surface area contributed by atoms with Crippen molar-refractivity contribution in [3.63, 3.8) is 0 Å². The van der Waals surface area contributed by atoms with Gasteiger partial charge in [0.1, 0.15) is 0 Å². The van der Waals surface area contributed by atoms with Crippen LogP contribution in [0.2, 0.25) is 0 Å². The monoisotopic (exact) mass is 406 g/mol. The van der Waals surface area contributed by atoms with Crippen LogP contribution in [0.25, 0.3) is 0 Å². The largest absolute Gasteiger partial charge is 0.418 e. The first kappa shape index (κ1) is 21.3. The minimum absolute atomic E-state index is 0.0708. The van der Waals surface area contributed by atoms with E-state index in [-0.39, 0.29) is 12.2 Å². The number of rotatable bonds is 7. The van der Waals surface area contributed by atoms with Crippen molar-refractivity contribution in [2.24, 2.45) is 5.92 Å². The van der Waals surface area contributed by atoms with E-state index in [0.29, 0.717) is 25.7 Å². The van der Waals surface area contributed by atoms with Crippen LogP contribution in [0.15, 0.2) is 54.6 Å². The number of ether oxygens (including phenoxy) is 1. The summed E-state index contributed by atoms with van der Waals surface area (Å²) in [6.45, 7) is 2.67. The topological polar surface area (TPSA) is 41.6 Å². The van der Waals surface area contributed by atoms with Crippen molar-refractivity contribution in [3.8, 4) is 0 Å². The number of benzene rings is 2. The molecule has 0 aromatic heterocycles. The molecule has 1 heterocycles. The van der Waals surface area contributed by atoms with Crippen LogP contribution in [-0.2, 0) is 22.3 Å². The molecule has 2 aromatic carbocycles. The highest BCUT2D eigenvalue weighted by Gasteiger charge is 2.33. The molecule has 0 spiro atoms. The Bertz CT molecular complexity index is 796. The average molecular weight is 406 g/mol. The third kappa shape index (κ3) is 6.58. The molecule has 1 aliphatic heterocycles. The van der Waals surface area contributed by atoms with E-state index in [1.165, 1.54) is 18.2 Å². The Kier molecular flexibility index (Phi) is 7.28. The molecule has 4 nitrogen and oxygen atoms in total. The van der Waals surface area contributed by atoms with Gasteiger partial charge in [0.2, 0.25) is 5.91 Å². The second-order valence-corrected chi connectivity index (χ2v) is 7.34. The van der Waals surface area contributed by atoms with E-state index in [0.717, 1.165) is 31.0 Å². The summed E-state index contributed by atoms with van der Waals surface area (Å²) >= 11 is 0. The summed E-state index contributed by atoms with van der Waals surface area (Å²) in [5.41, 5.74) is 0.0757. The van der Waals surface area contributed by atoms with Crippen molar-refractivity contribution < 1.29 is 22.7 Å². The van der Waals surface area contributed by atoms with Gasteiger partial charge in [0, 0.05) is 6.54 Å². The molecule has 156 valence electrons. The molecule has 7 heteroatoms. The number of hydrogen-bond donors (Lipinski definition) is 1. The van der Waals surface area contributed by atoms with Gasteiger partial charge >= 0.3 is 6.18 Å². The molecule has 0 aliphatic carbocycles. The van der Waals surface area contributed by atoms with Crippen molar-refractivity contribution in [2.45, 2.75) is 25.6 Å².